The Morgan fingerprint density at radius 3 is 1.84 bits per heavy atom. The molecular weight excluding hydrogens is 244 g/mol. The van der Waals surface area contributed by atoms with Crippen LogP contribution in [-0.4, -0.2) is 38.6 Å². The lowest BCUT2D eigenvalue weighted by Gasteiger charge is -2.05. The summed E-state index contributed by atoms with van der Waals surface area (Å²) in [5.74, 6) is 0.0842. The summed E-state index contributed by atoms with van der Waals surface area (Å²) in [6.45, 7) is 3.53. The molecule has 0 aromatic rings. The van der Waals surface area contributed by atoms with Gasteiger partial charge in [-0.1, -0.05) is 32.6 Å². The summed E-state index contributed by atoms with van der Waals surface area (Å²) in [4.78, 5) is 22.0. The third-order valence-corrected chi connectivity index (χ3v) is 2.84. The first kappa shape index (κ1) is 17.9. The first-order chi connectivity index (χ1) is 9.20. The predicted molar refractivity (Wildman–Crippen MR) is 80.1 cm³/mol. The third-order valence-electron chi connectivity index (χ3n) is 2.84. The van der Waals surface area contributed by atoms with Crippen LogP contribution in [0.1, 0.15) is 54.7 Å². The van der Waals surface area contributed by atoms with Gasteiger partial charge >= 0.3 is 0 Å². The number of hydrogen-bond acceptors (Lipinski definition) is 3. The van der Waals surface area contributed by atoms with Crippen molar-refractivity contribution in [3.63, 3.8) is 0 Å². The average molecular weight is 276 g/mol. The molecule has 5 heteroatoms. The van der Waals surface area contributed by atoms with E-state index >= 15 is 0 Å². The van der Waals surface area contributed by atoms with Crippen LogP contribution in [0.3, 0.4) is 0 Å². The summed E-state index contributed by atoms with van der Waals surface area (Å²) in [5, 5.41) is 5.67. The molecule has 0 fully saturated rings. The Hall–Kier alpha value is -1.10. The number of nitrogens with one attached hydrogen (secondary N) is 2. The second kappa shape index (κ2) is 13.3. The normalized spacial score (nSPS) is 10.2. The summed E-state index contributed by atoms with van der Waals surface area (Å²) in [7, 11) is 1.52. The van der Waals surface area contributed by atoms with E-state index in [0.717, 1.165) is 38.8 Å². The number of carbonyl (C=O) groups excluding carboxylic acids is 2. The average Bonchev–Trinajstić information content (AvgIpc) is 2.40. The van der Waals surface area contributed by atoms with E-state index in [4.69, 9.17) is 4.74 Å². The maximum Gasteiger partial charge on any atom is 0.245 e. The predicted octanol–water partition coefficient (Wildman–Crippen LogP) is 2.11. The van der Waals surface area contributed by atoms with Gasteiger partial charge in [0.15, 0.2) is 0 Å². The van der Waals surface area contributed by atoms with Crippen LogP contribution in [0.2, 0.25) is 0 Å². The standard InChI is InChI=1S/C14H28N2O3.2H2/c1-3-13(17)15-10-8-6-4-5-7-9-11-16-14(18)12-19-2;;/h3-12H2,1-2H3,(H,15,17)(H,16,18);2*1H. The highest BCUT2D eigenvalue weighted by atomic mass is 16.5. The molecule has 0 aliphatic heterocycles. The monoisotopic (exact) mass is 276 g/mol. The fourth-order valence-electron chi connectivity index (χ4n) is 1.72. The fraction of sp³-hybridized carbons (Fsp3) is 0.857. The molecule has 0 radical (unpaired) electrons. The highest BCUT2D eigenvalue weighted by Crippen LogP contribution is 2.04. The van der Waals surface area contributed by atoms with E-state index in [1.165, 1.54) is 20.0 Å². The van der Waals surface area contributed by atoms with Crippen molar-refractivity contribution in [2.24, 2.45) is 0 Å². The van der Waals surface area contributed by atoms with Gasteiger partial charge in [0.2, 0.25) is 11.8 Å². The molecule has 0 saturated carbocycles. The van der Waals surface area contributed by atoms with Crippen molar-refractivity contribution in [2.75, 3.05) is 26.8 Å². The van der Waals surface area contributed by atoms with Gasteiger partial charge in [-0.15, -0.1) is 0 Å². The van der Waals surface area contributed by atoms with Gasteiger partial charge in [0.25, 0.3) is 0 Å². The number of ether oxygens (including phenoxy) is 1. The molecule has 0 rings (SSSR count). The van der Waals surface area contributed by atoms with E-state index in [0.29, 0.717) is 6.42 Å². The zero-order valence-corrected chi connectivity index (χ0v) is 12.3. The molecule has 0 aromatic heterocycles. The Morgan fingerprint density at radius 2 is 1.37 bits per heavy atom. The maximum absolute atomic E-state index is 11.1. The first-order valence-corrected chi connectivity index (χ1v) is 7.23. The minimum atomic E-state index is -0.0471. The maximum atomic E-state index is 11.1. The summed E-state index contributed by atoms with van der Waals surface area (Å²) in [6.07, 6.45) is 7.29. The van der Waals surface area contributed by atoms with E-state index in [2.05, 4.69) is 10.6 Å². The second-order valence-corrected chi connectivity index (χ2v) is 4.61. The Bertz CT molecular complexity index is 254. The van der Waals surface area contributed by atoms with Crippen molar-refractivity contribution in [3.05, 3.63) is 0 Å². The summed E-state index contributed by atoms with van der Waals surface area (Å²) >= 11 is 0. The van der Waals surface area contributed by atoms with Gasteiger partial charge in [-0.3, -0.25) is 9.59 Å². The van der Waals surface area contributed by atoms with Gasteiger partial charge in [-0.05, 0) is 12.8 Å². The summed E-state index contributed by atoms with van der Waals surface area (Å²) in [6, 6.07) is 0. The summed E-state index contributed by atoms with van der Waals surface area (Å²) in [5.41, 5.74) is 0. The molecule has 0 spiro atoms. The molecule has 0 atom stereocenters. The van der Waals surface area contributed by atoms with Crippen molar-refractivity contribution in [2.45, 2.75) is 51.9 Å². The van der Waals surface area contributed by atoms with E-state index < -0.39 is 0 Å². The van der Waals surface area contributed by atoms with Crippen molar-refractivity contribution in [3.8, 4) is 0 Å². The number of hydrogen-bond donors (Lipinski definition) is 2. The Kier molecular flexibility index (Phi) is 12.6. The molecule has 0 aliphatic carbocycles. The molecule has 5 nitrogen and oxygen atoms in total. The lowest BCUT2D eigenvalue weighted by atomic mass is 10.1. The Morgan fingerprint density at radius 1 is 0.895 bits per heavy atom. The third kappa shape index (κ3) is 13.1. The van der Waals surface area contributed by atoms with Crippen molar-refractivity contribution in [1.82, 2.24) is 10.6 Å². The number of methoxy groups -OCH3 is 1. The molecule has 0 aromatic carbocycles. The number of amides is 2. The van der Waals surface area contributed by atoms with Crippen molar-refractivity contribution >= 4 is 11.8 Å². The topological polar surface area (TPSA) is 67.4 Å². The zero-order valence-electron chi connectivity index (χ0n) is 12.3. The van der Waals surface area contributed by atoms with Gasteiger partial charge < -0.3 is 15.4 Å². The lowest BCUT2D eigenvalue weighted by Crippen LogP contribution is -2.27. The SMILES string of the molecule is CCC(=O)NCCCCCCCCNC(=O)COC.[HH].[HH]. The van der Waals surface area contributed by atoms with E-state index in [1.807, 2.05) is 6.92 Å². The van der Waals surface area contributed by atoms with Crippen LogP contribution in [0.25, 0.3) is 0 Å². The molecule has 19 heavy (non-hydrogen) atoms. The summed E-state index contributed by atoms with van der Waals surface area (Å²) < 4.78 is 4.72. The van der Waals surface area contributed by atoms with E-state index in [1.54, 1.807) is 0 Å². The quantitative estimate of drug-likeness (QED) is 0.536. The van der Waals surface area contributed by atoms with Gasteiger partial charge in [0, 0.05) is 29.5 Å². The van der Waals surface area contributed by atoms with E-state index in [9.17, 15) is 9.59 Å². The molecule has 0 aliphatic rings. The van der Waals surface area contributed by atoms with Crippen LogP contribution < -0.4 is 10.6 Å². The molecular formula is C14H32N2O3. The van der Waals surface area contributed by atoms with Crippen molar-refractivity contribution in [1.29, 1.82) is 0 Å². The van der Waals surface area contributed by atoms with Crippen LogP contribution in [-0.2, 0) is 14.3 Å². The minimum Gasteiger partial charge on any atom is -0.375 e. The highest BCUT2D eigenvalue weighted by Gasteiger charge is 1.98. The van der Waals surface area contributed by atoms with Crippen LogP contribution in [0, 0.1) is 0 Å². The van der Waals surface area contributed by atoms with Gasteiger partial charge in [-0.2, -0.15) is 0 Å². The molecule has 0 unspecified atom stereocenters. The Labute approximate surface area is 119 Å². The number of rotatable bonds is 12. The van der Waals surface area contributed by atoms with Gasteiger partial charge in [0.05, 0.1) is 0 Å². The van der Waals surface area contributed by atoms with E-state index in [-0.39, 0.29) is 21.3 Å². The molecule has 2 N–H and O–H groups in total. The van der Waals surface area contributed by atoms with Crippen LogP contribution in [0.4, 0.5) is 0 Å². The zero-order chi connectivity index (χ0) is 14.3. The number of unbranched alkanes of at least 4 members (excludes halogenated alkanes) is 5. The van der Waals surface area contributed by atoms with Crippen LogP contribution in [0.15, 0.2) is 0 Å². The molecule has 0 bridgehead atoms. The van der Waals surface area contributed by atoms with Crippen LogP contribution >= 0.6 is 0 Å². The second-order valence-electron chi connectivity index (χ2n) is 4.61. The minimum absolute atomic E-state index is 0. The smallest absolute Gasteiger partial charge is 0.245 e. The van der Waals surface area contributed by atoms with Crippen molar-refractivity contribution < 1.29 is 17.2 Å². The molecule has 0 saturated heterocycles. The molecule has 2 amide bonds. The van der Waals surface area contributed by atoms with Gasteiger partial charge in [-0.25, -0.2) is 0 Å². The Balaban J connectivity index is -0.00000162. The molecule has 116 valence electrons. The first-order valence-electron chi connectivity index (χ1n) is 7.23. The van der Waals surface area contributed by atoms with Gasteiger partial charge in [0.1, 0.15) is 6.61 Å². The molecule has 0 heterocycles. The lowest BCUT2D eigenvalue weighted by molar-refractivity contribution is -0.124. The number of carbonyl (C=O) groups is 2. The highest BCUT2D eigenvalue weighted by molar-refractivity contribution is 5.77. The largest absolute Gasteiger partial charge is 0.375 e. The fourth-order valence-corrected chi connectivity index (χ4v) is 1.72. The van der Waals surface area contributed by atoms with Crippen LogP contribution in [0.5, 0.6) is 0 Å².